The highest BCUT2D eigenvalue weighted by Crippen LogP contribution is 2.29. The van der Waals surface area contributed by atoms with Crippen molar-refractivity contribution < 1.29 is 9.90 Å². The van der Waals surface area contributed by atoms with E-state index in [1.807, 2.05) is 31.2 Å². The van der Waals surface area contributed by atoms with Gasteiger partial charge in [-0.2, -0.15) is 0 Å². The van der Waals surface area contributed by atoms with Crippen LogP contribution in [-0.4, -0.2) is 16.1 Å². The summed E-state index contributed by atoms with van der Waals surface area (Å²) >= 11 is 3.48. The van der Waals surface area contributed by atoms with E-state index in [0.717, 1.165) is 32.4 Å². The molecular formula is C17H15BrCl2N2O2. The zero-order valence-corrected chi connectivity index (χ0v) is 15.8. The van der Waals surface area contributed by atoms with E-state index in [1.54, 1.807) is 24.3 Å². The van der Waals surface area contributed by atoms with Gasteiger partial charge in [0.1, 0.15) is 0 Å². The van der Waals surface area contributed by atoms with Gasteiger partial charge in [0.25, 0.3) is 0 Å². The number of fused-ring (bicyclic) bond motifs is 1. The summed E-state index contributed by atoms with van der Waals surface area (Å²) in [5, 5.41) is 13.3. The molecule has 3 rings (SSSR count). The summed E-state index contributed by atoms with van der Waals surface area (Å²) in [6, 6.07) is 14.6. The third-order valence-corrected chi connectivity index (χ3v) is 3.80. The number of rotatable bonds is 3. The Morgan fingerprint density at radius 3 is 2.38 bits per heavy atom. The molecule has 0 amide bonds. The standard InChI is InChI=1S/C17H13BrN2O2.2ClH/c1-10-8-16(14-9-12(18)4-7-15(14)19-10)20-13-5-2-11(3-6-13)17(21)22;;/h2-9H,1H3,(H,19,20)(H,21,22);2*1H. The Morgan fingerprint density at radius 2 is 1.75 bits per heavy atom. The number of nitrogens with one attached hydrogen (secondary N) is 1. The Hall–Kier alpha value is -1.82. The number of hydrogen-bond acceptors (Lipinski definition) is 3. The smallest absolute Gasteiger partial charge is 0.335 e. The average Bonchev–Trinajstić information content (AvgIpc) is 2.48. The van der Waals surface area contributed by atoms with Crippen molar-refractivity contribution in [1.82, 2.24) is 4.98 Å². The van der Waals surface area contributed by atoms with E-state index in [-0.39, 0.29) is 30.4 Å². The molecule has 0 bridgehead atoms. The molecule has 3 aromatic rings. The monoisotopic (exact) mass is 428 g/mol. The fourth-order valence-corrected chi connectivity index (χ4v) is 2.65. The van der Waals surface area contributed by atoms with Gasteiger partial charge in [0.2, 0.25) is 0 Å². The SMILES string of the molecule is Cc1cc(Nc2ccc(C(=O)O)cc2)c2cc(Br)ccc2n1.Cl.Cl. The molecule has 126 valence electrons. The van der Waals surface area contributed by atoms with Crippen LogP contribution in [0.4, 0.5) is 11.4 Å². The summed E-state index contributed by atoms with van der Waals surface area (Å²) in [7, 11) is 0. The van der Waals surface area contributed by atoms with Crippen molar-refractivity contribution >= 4 is 69.0 Å². The second kappa shape index (κ2) is 8.33. The van der Waals surface area contributed by atoms with E-state index in [9.17, 15) is 4.79 Å². The largest absolute Gasteiger partial charge is 0.478 e. The van der Waals surface area contributed by atoms with Gasteiger partial charge in [0.05, 0.1) is 11.1 Å². The lowest BCUT2D eigenvalue weighted by Gasteiger charge is -2.11. The van der Waals surface area contributed by atoms with Crippen molar-refractivity contribution in [2.45, 2.75) is 6.92 Å². The van der Waals surface area contributed by atoms with Crippen LogP contribution in [0.3, 0.4) is 0 Å². The third kappa shape index (κ3) is 4.38. The summed E-state index contributed by atoms with van der Waals surface area (Å²) in [6.45, 7) is 1.94. The van der Waals surface area contributed by atoms with Crippen LogP contribution < -0.4 is 5.32 Å². The normalized spacial score (nSPS) is 9.75. The van der Waals surface area contributed by atoms with Crippen molar-refractivity contribution in [3.05, 3.63) is 64.3 Å². The molecule has 0 saturated heterocycles. The Labute approximate surface area is 160 Å². The first-order valence-electron chi connectivity index (χ1n) is 6.70. The number of halogens is 3. The summed E-state index contributed by atoms with van der Waals surface area (Å²) in [6.07, 6.45) is 0. The molecule has 1 aromatic heterocycles. The number of carbonyl (C=O) groups is 1. The number of aromatic nitrogens is 1. The number of pyridine rings is 1. The third-order valence-electron chi connectivity index (χ3n) is 3.31. The van der Waals surface area contributed by atoms with Crippen LogP contribution in [0.5, 0.6) is 0 Å². The van der Waals surface area contributed by atoms with E-state index < -0.39 is 5.97 Å². The molecule has 0 radical (unpaired) electrons. The van der Waals surface area contributed by atoms with Gasteiger partial charge in [0, 0.05) is 26.9 Å². The number of aryl methyl sites for hydroxylation is 1. The number of benzene rings is 2. The summed E-state index contributed by atoms with van der Waals surface area (Å²) < 4.78 is 0.981. The lowest BCUT2D eigenvalue weighted by molar-refractivity contribution is 0.0697. The Bertz CT molecular complexity index is 870. The number of hydrogen-bond donors (Lipinski definition) is 2. The van der Waals surface area contributed by atoms with Gasteiger partial charge in [-0.3, -0.25) is 4.98 Å². The van der Waals surface area contributed by atoms with E-state index >= 15 is 0 Å². The molecule has 7 heteroatoms. The average molecular weight is 430 g/mol. The van der Waals surface area contributed by atoms with Crippen molar-refractivity contribution in [2.75, 3.05) is 5.32 Å². The molecule has 24 heavy (non-hydrogen) atoms. The molecule has 0 atom stereocenters. The van der Waals surface area contributed by atoms with Gasteiger partial charge >= 0.3 is 5.97 Å². The molecule has 0 aliphatic heterocycles. The van der Waals surface area contributed by atoms with Crippen LogP contribution in [0.15, 0.2) is 53.0 Å². The molecular weight excluding hydrogens is 415 g/mol. The summed E-state index contributed by atoms with van der Waals surface area (Å²) in [5.74, 6) is -0.930. The zero-order chi connectivity index (χ0) is 15.7. The van der Waals surface area contributed by atoms with E-state index in [2.05, 4.69) is 26.2 Å². The van der Waals surface area contributed by atoms with Crippen LogP contribution in [0.25, 0.3) is 10.9 Å². The van der Waals surface area contributed by atoms with Crippen molar-refractivity contribution in [3.63, 3.8) is 0 Å². The molecule has 2 N–H and O–H groups in total. The number of carboxylic acid groups (broad SMARTS) is 1. The van der Waals surface area contributed by atoms with Crippen LogP contribution in [-0.2, 0) is 0 Å². The van der Waals surface area contributed by atoms with Crippen LogP contribution >= 0.6 is 40.7 Å². The Morgan fingerprint density at radius 1 is 1.08 bits per heavy atom. The van der Waals surface area contributed by atoms with E-state index in [1.165, 1.54) is 0 Å². The van der Waals surface area contributed by atoms with Gasteiger partial charge in [-0.25, -0.2) is 4.79 Å². The lowest BCUT2D eigenvalue weighted by atomic mass is 10.1. The highest BCUT2D eigenvalue weighted by molar-refractivity contribution is 9.10. The lowest BCUT2D eigenvalue weighted by Crippen LogP contribution is -1.98. The molecule has 1 heterocycles. The van der Waals surface area contributed by atoms with Gasteiger partial charge in [0.15, 0.2) is 0 Å². The minimum absolute atomic E-state index is 0. The molecule has 0 saturated carbocycles. The van der Waals surface area contributed by atoms with Gasteiger partial charge in [-0.15, -0.1) is 24.8 Å². The topological polar surface area (TPSA) is 62.2 Å². The summed E-state index contributed by atoms with van der Waals surface area (Å²) in [4.78, 5) is 15.4. The maximum atomic E-state index is 10.9. The van der Waals surface area contributed by atoms with Gasteiger partial charge in [-0.1, -0.05) is 15.9 Å². The predicted octanol–water partition coefficient (Wildman–Crippen LogP) is 5.59. The fraction of sp³-hybridized carbons (Fsp3) is 0.0588. The van der Waals surface area contributed by atoms with Crippen LogP contribution in [0.2, 0.25) is 0 Å². The highest BCUT2D eigenvalue weighted by atomic mass is 79.9. The first-order chi connectivity index (χ1) is 10.5. The maximum absolute atomic E-state index is 10.9. The molecule has 0 spiro atoms. The number of nitrogens with zero attached hydrogens (tertiary/aromatic N) is 1. The molecule has 2 aromatic carbocycles. The zero-order valence-electron chi connectivity index (χ0n) is 12.6. The Kier molecular flexibility index (Phi) is 7.02. The van der Waals surface area contributed by atoms with Gasteiger partial charge < -0.3 is 10.4 Å². The minimum atomic E-state index is -0.930. The molecule has 0 unspecified atom stereocenters. The number of aromatic carboxylic acids is 1. The fourth-order valence-electron chi connectivity index (χ4n) is 2.29. The van der Waals surface area contributed by atoms with Gasteiger partial charge in [-0.05, 0) is 55.5 Å². The second-order valence-corrected chi connectivity index (χ2v) is 5.90. The Balaban J connectivity index is 0.00000144. The highest BCUT2D eigenvalue weighted by Gasteiger charge is 2.06. The molecule has 0 aliphatic carbocycles. The molecule has 0 aliphatic rings. The predicted molar refractivity (Wildman–Crippen MR) is 105 cm³/mol. The van der Waals surface area contributed by atoms with Crippen molar-refractivity contribution in [1.29, 1.82) is 0 Å². The van der Waals surface area contributed by atoms with Crippen LogP contribution in [0, 0.1) is 6.92 Å². The minimum Gasteiger partial charge on any atom is -0.478 e. The quantitative estimate of drug-likeness (QED) is 0.569. The first kappa shape index (κ1) is 20.2. The van der Waals surface area contributed by atoms with Crippen LogP contribution in [0.1, 0.15) is 16.1 Å². The van der Waals surface area contributed by atoms with Crippen molar-refractivity contribution in [2.24, 2.45) is 0 Å². The molecule has 4 nitrogen and oxygen atoms in total. The number of carboxylic acids is 1. The summed E-state index contributed by atoms with van der Waals surface area (Å²) in [5.41, 5.74) is 3.86. The number of anilines is 2. The first-order valence-corrected chi connectivity index (χ1v) is 7.49. The maximum Gasteiger partial charge on any atom is 0.335 e. The van der Waals surface area contributed by atoms with Crippen molar-refractivity contribution in [3.8, 4) is 0 Å². The van der Waals surface area contributed by atoms with E-state index in [0.29, 0.717) is 0 Å². The molecule has 0 fully saturated rings. The van der Waals surface area contributed by atoms with E-state index in [4.69, 9.17) is 5.11 Å². The second-order valence-electron chi connectivity index (χ2n) is 4.98.